The van der Waals surface area contributed by atoms with Crippen LogP contribution >= 0.6 is 0 Å². The minimum absolute atomic E-state index is 0.0174. The predicted octanol–water partition coefficient (Wildman–Crippen LogP) is 1.65. The van der Waals surface area contributed by atoms with E-state index in [4.69, 9.17) is 14.5 Å². The number of nitrogens with zero attached hydrogens (tertiary/aromatic N) is 1. The number of methoxy groups -OCH3 is 2. The van der Waals surface area contributed by atoms with Gasteiger partial charge in [-0.05, 0) is 37.5 Å². The first kappa shape index (κ1) is 16.5. The Morgan fingerprint density at radius 3 is 2.69 bits per heavy atom. The van der Waals surface area contributed by atoms with Gasteiger partial charge in [0.15, 0.2) is 0 Å². The Morgan fingerprint density at radius 1 is 1.15 bits per heavy atom. The van der Waals surface area contributed by atoms with Crippen LogP contribution in [0.15, 0.2) is 4.99 Å². The van der Waals surface area contributed by atoms with Gasteiger partial charge >= 0.3 is 0 Å². The van der Waals surface area contributed by atoms with Crippen LogP contribution in [-0.2, 0) is 9.47 Å². The number of aliphatic hydroxyl groups is 2. The summed E-state index contributed by atoms with van der Waals surface area (Å²) in [5.41, 5.74) is -0.763. The second kappa shape index (κ2) is 4.73. The number of hydrogen-bond donors (Lipinski definition) is 2. The van der Waals surface area contributed by atoms with Crippen molar-refractivity contribution in [3.8, 4) is 0 Å². The monoisotopic (exact) mass is 361 g/mol. The zero-order valence-electron chi connectivity index (χ0n) is 16.0. The van der Waals surface area contributed by atoms with Crippen molar-refractivity contribution in [1.82, 2.24) is 0 Å². The molecule has 0 aromatic rings. The fourth-order valence-corrected chi connectivity index (χ4v) is 9.30. The summed E-state index contributed by atoms with van der Waals surface area (Å²) in [7, 11) is 3.58. The average Bonchev–Trinajstić information content (AvgIpc) is 3.02. The molecule has 5 aliphatic carbocycles. The maximum Gasteiger partial charge on any atom is 0.0776 e. The van der Waals surface area contributed by atoms with Crippen LogP contribution in [0, 0.1) is 40.4 Å². The van der Waals surface area contributed by atoms with Crippen molar-refractivity contribution in [3.63, 3.8) is 0 Å². The lowest BCUT2D eigenvalue weighted by Gasteiger charge is -2.64. The fraction of sp³-hybridized carbons (Fsp3) is 0.952. The Kier molecular flexibility index (Phi) is 3.00. The van der Waals surface area contributed by atoms with Gasteiger partial charge in [0.2, 0.25) is 0 Å². The van der Waals surface area contributed by atoms with Crippen molar-refractivity contribution in [1.29, 1.82) is 0 Å². The van der Waals surface area contributed by atoms with E-state index in [1.807, 2.05) is 7.11 Å². The Morgan fingerprint density at radius 2 is 1.96 bits per heavy atom. The summed E-state index contributed by atoms with van der Waals surface area (Å²) in [4.78, 5) is 5.13. The van der Waals surface area contributed by atoms with Gasteiger partial charge in [-0.3, -0.25) is 4.99 Å². The Bertz CT molecular complexity index is 683. The van der Waals surface area contributed by atoms with Gasteiger partial charge in [-0.15, -0.1) is 0 Å². The molecule has 12 atom stereocenters. The topological polar surface area (TPSA) is 71.3 Å². The van der Waals surface area contributed by atoms with E-state index in [0.717, 1.165) is 25.7 Å². The van der Waals surface area contributed by atoms with Crippen LogP contribution in [0.3, 0.4) is 0 Å². The molecule has 0 amide bonds. The van der Waals surface area contributed by atoms with Crippen molar-refractivity contribution in [3.05, 3.63) is 0 Å². The summed E-state index contributed by atoms with van der Waals surface area (Å²) < 4.78 is 11.9. The molecule has 2 N–H and O–H groups in total. The SMILES string of the molecule is COC1CC2(O)C3CC4C5(C)C=NC3C4(C(OC)CC5)C3CC1C(O)C32. The molecule has 12 unspecified atom stereocenters. The number of hydrogen-bond acceptors (Lipinski definition) is 5. The lowest BCUT2D eigenvalue weighted by molar-refractivity contribution is -0.229. The van der Waals surface area contributed by atoms with E-state index in [-0.39, 0.29) is 52.8 Å². The summed E-state index contributed by atoms with van der Waals surface area (Å²) in [6, 6.07) is 0.138. The molecule has 5 heteroatoms. The van der Waals surface area contributed by atoms with Gasteiger partial charge in [-0.1, -0.05) is 6.92 Å². The molecule has 5 nitrogen and oxygen atoms in total. The Labute approximate surface area is 155 Å². The van der Waals surface area contributed by atoms with Crippen molar-refractivity contribution in [2.45, 2.75) is 69.0 Å². The molecule has 144 valence electrons. The standard InChI is InChI=1S/C21H31NO4/c1-19-5-4-15(26-3)21-11-6-10-13(25-2)8-20(24,16(11)17(10)23)12(7-14(19)21)18(21)22-9-19/h9-18,23-24H,4-8H2,1-3H3. The van der Waals surface area contributed by atoms with Crippen molar-refractivity contribution < 1.29 is 19.7 Å². The molecular formula is C21H31NO4. The highest BCUT2D eigenvalue weighted by atomic mass is 16.5. The molecule has 26 heavy (non-hydrogen) atoms. The first-order valence-corrected chi connectivity index (χ1v) is 10.4. The van der Waals surface area contributed by atoms with Gasteiger partial charge in [0.05, 0.1) is 30.0 Å². The molecule has 1 spiro atoms. The van der Waals surface area contributed by atoms with E-state index in [2.05, 4.69) is 13.1 Å². The largest absolute Gasteiger partial charge is 0.392 e. The molecule has 6 aliphatic rings. The lowest BCUT2D eigenvalue weighted by atomic mass is 9.44. The molecule has 0 radical (unpaired) electrons. The summed E-state index contributed by atoms with van der Waals surface area (Å²) in [5, 5.41) is 23.2. The highest BCUT2D eigenvalue weighted by molar-refractivity contribution is 5.69. The number of rotatable bonds is 2. The minimum atomic E-state index is -0.855. The highest BCUT2D eigenvalue weighted by Gasteiger charge is 2.81. The number of fused-ring (bicyclic) bond motifs is 2. The van der Waals surface area contributed by atoms with Gasteiger partial charge in [0, 0.05) is 55.4 Å². The molecule has 6 rings (SSSR count). The van der Waals surface area contributed by atoms with Crippen molar-refractivity contribution in [2.24, 2.45) is 45.4 Å². The minimum Gasteiger partial charge on any atom is -0.392 e. The molecule has 0 saturated heterocycles. The lowest BCUT2D eigenvalue weighted by Crippen LogP contribution is -2.70. The maximum absolute atomic E-state index is 12.0. The van der Waals surface area contributed by atoms with Crippen LogP contribution in [0.1, 0.15) is 39.0 Å². The Hall–Kier alpha value is -0.490. The zero-order chi connectivity index (χ0) is 18.1. The van der Waals surface area contributed by atoms with E-state index in [0.29, 0.717) is 12.3 Å². The normalized spacial score (nSPS) is 66.9. The van der Waals surface area contributed by atoms with E-state index in [1.165, 1.54) is 0 Å². The number of ether oxygens (including phenoxy) is 2. The first-order valence-electron chi connectivity index (χ1n) is 10.4. The van der Waals surface area contributed by atoms with Crippen LogP contribution in [0.25, 0.3) is 0 Å². The predicted molar refractivity (Wildman–Crippen MR) is 95.9 cm³/mol. The number of aliphatic imine (C=N–C) groups is 1. The number of aliphatic hydroxyl groups excluding tert-OH is 1. The van der Waals surface area contributed by atoms with Crippen LogP contribution in [0.4, 0.5) is 0 Å². The highest BCUT2D eigenvalue weighted by Crippen LogP contribution is 2.78. The van der Waals surface area contributed by atoms with Crippen LogP contribution in [0.5, 0.6) is 0 Å². The van der Waals surface area contributed by atoms with E-state index in [1.54, 1.807) is 7.11 Å². The maximum atomic E-state index is 12.0. The van der Waals surface area contributed by atoms with Gasteiger partial charge in [0.1, 0.15) is 0 Å². The van der Waals surface area contributed by atoms with Crippen LogP contribution in [0.2, 0.25) is 0 Å². The molecule has 0 aromatic carbocycles. The van der Waals surface area contributed by atoms with Crippen molar-refractivity contribution >= 4 is 6.21 Å². The van der Waals surface area contributed by atoms with Gasteiger partial charge < -0.3 is 19.7 Å². The fourth-order valence-electron chi connectivity index (χ4n) is 9.30. The molecule has 5 fully saturated rings. The van der Waals surface area contributed by atoms with Gasteiger partial charge in [-0.25, -0.2) is 0 Å². The summed E-state index contributed by atoms with van der Waals surface area (Å²) in [6.45, 7) is 2.37. The van der Waals surface area contributed by atoms with E-state index < -0.39 is 11.7 Å². The summed E-state index contributed by atoms with van der Waals surface area (Å²) in [5.74, 6) is 1.00. The smallest absolute Gasteiger partial charge is 0.0776 e. The summed E-state index contributed by atoms with van der Waals surface area (Å²) >= 11 is 0. The van der Waals surface area contributed by atoms with E-state index >= 15 is 0 Å². The third-order valence-electron chi connectivity index (χ3n) is 10.0. The molecular weight excluding hydrogens is 330 g/mol. The first-order chi connectivity index (χ1) is 12.4. The zero-order valence-corrected chi connectivity index (χ0v) is 16.0. The molecule has 1 aliphatic heterocycles. The second-order valence-corrected chi connectivity index (χ2v) is 10.4. The van der Waals surface area contributed by atoms with Crippen LogP contribution < -0.4 is 0 Å². The third kappa shape index (κ3) is 1.45. The summed E-state index contributed by atoms with van der Waals surface area (Å²) in [6.07, 6.45) is 6.69. The van der Waals surface area contributed by atoms with Gasteiger partial charge in [0.25, 0.3) is 0 Å². The van der Waals surface area contributed by atoms with E-state index in [9.17, 15) is 10.2 Å². The third-order valence-corrected chi connectivity index (χ3v) is 10.0. The quantitative estimate of drug-likeness (QED) is 0.785. The molecule has 5 saturated carbocycles. The Balaban J connectivity index is 1.59. The van der Waals surface area contributed by atoms with Crippen LogP contribution in [-0.4, -0.2) is 60.6 Å². The molecule has 0 aromatic heterocycles. The molecule has 7 bridgehead atoms. The second-order valence-electron chi connectivity index (χ2n) is 10.4. The van der Waals surface area contributed by atoms with Gasteiger partial charge in [-0.2, -0.15) is 0 Å². The van der Waals surface area contributed by atoms with Crippen molar-refractivity contribution in [2.75, 3.05) is 14.2 Å². The molecule has 1 heterocycles. The average molecular weight is 361 g/mol.